The van der Waals surface area contributed by atoms with Crippen LogP contribution in [0.4, 0.5) is 0 Å². The number of ether oxygens (including phenoxy) is 1. The maximum absolute atomic E-state index is 6.12. The van der Waals surface area contributed by atoms with Gasteiger partial charge in [-0.25, -0.2) is 0 Å². The summed E-state index contributed by atoms with van der Waals surface area (Å²) >= 11 is 2.00. The van der Waals surface area contributed by atoms with Gasteiger partial charge in [-0.3, -0.25) is 4.99 Å². The quantitative estimate of drug-likeness (QED) is 0.439. The van der Waals surface area contributed by atoms with Gasteiger partial charge in [-0.05, 0) is 31.1 Å². The van der Waals surface area contributed by atoms with Crippen LogP contribution in [0.2, 0.25) is 0 Å². The minimum absolute atomic E-state index is 0. The van der Waals surface area contributed by atoms with E-state index >= 15 is 0 Å². The Morgan fingerprint density at radius 2 is 1.95 bits per heavy atom. The maximum atomic E-state index is 6.12. The lowest BCUT2D eigenvalue weighted by molar-refractivity contribution is 0.0352. The summed E-state index contributed by atoms with van der Waals surface area (Å²) in [6.45, 7) is 5.28. The molecule has 2 N–H and O–H groups in total. The first-order chi connectivity index (χ1) is 9.13. The van der Waals surface area contributed by atoms with Crippen molar-refractivity contribution in [3.05, 3.63) is 0 Å². The fraction of sp³-hybridized carbons (Fsp3) is 0.929. The molecule has 1 saturated carbocycles. The molecule has 1 aliphatic carbocycles. The van der Waals surface area contributed by atoms with Crippen LogP contribution in [0.25, 0.3) is 0 Å². The molecular formula is C14H28IN3OS. The Morgan fingerprint density at radius 3 is 2.50 bits per heavy atom. The van der Waals surface area contributed by atoms with Crippen LogP contribution in [0.1, 0.15) is 32.6 Å². The molecule has 2 rings (SSSR count). The summed E-state index contributed by atoms with van der Waals surface area (Å²) in [5.74, 6) is 3.09. The topological polar surface area (TPSA) is 50.9 Å². The zero-order valence-corrected chi connectivity index (χ0v) is 15.8. The lowest BCUT2D eigenvalue weighted by Gasteiger charge is -2.36. The van der Waals surface area contributed by atoms with E-state index in [9.17, 15) is 0 Å². The second-order valence-corrected chi connectivity index (χ2v) is 7.24. The molecule has 1 aliphatic heterocycles. The van der Waals surface area contributed by atoms with Crippen LogP contribution in [0.5, 0.6) is 0 Å². The standard InChI is InChI=1S/C14H27N3OS.HI/c1-14(5-3-12(18-2)4-6-14)11-16-13(15)17-7-9-19-10-8-17;/h12H,3-11H2,1-2H3,(H2,15,16);1H. The molecule has 0 amide bonds. The second kappa shape index (κ2) is 8.68. The monoisotopic (exact) mass is 413 g/mol. The van der Waals surface area contributed by atoms with E-state index in [4.69, 9.17) is 10.5 Å². The Bertz CT molecular complexity index is 314. The third-order valence-corrected chi connectivity index (χ3v) is 5.37. The second-order valence-electron chi connectivity index (χ2n) is 6.02. The van der Waals surface area contributed by atoms with Gasteiger partial charge in [-0.1, -0.05) is 6.92 Å². The van der Waals surface area contributed by atoms with Gasteiger partial charge in [0.15, 0.2) is 5.96 Å². The molecule has 20 heavy (non-hydrogen) atoms. The molecule has 0 aromatic heterocycles. The van der Waals surface area contributed by atoms with Crippen LogP contribution in [0, 0.1) is 5.41 Å². The zero-order chi connectivity index (χ0) is 13.7. The zero-order valence-electron chi connectivity index (χ0n) is 12.6. The van der Waals surface area contributed by atoms with E-state index in [2.05, 4.69) is 16.8 Å². The van der Waals surface area contributed by atoms with E-state index < -0.39 is 0 Å². The predicted molar refractivity (Wildman–Crippen MR) is 98.2 cm³/mol. The number of nitrogens with zero attached hydrogens (tertiary/aromatic N) is 2. The summed E-state index contributed by atoms with van der Waals surface area (Å²) in [5.41, 5.74) is 6.43. The first-order valence-electron chi connectivity index (χ1n) is 7.28. The number of thioether (sulfide) groups is 1. The van der Waals surface area contributed by atoms with E-state index in [1.54, 1.807) is 0 Å². The maximum Gasteiger partial charge on any atom is 0.191 e. The number of methoxy groups -OCH3 is 1. The normalized spacial score (nSPS) is 31.8. The van der Waals surface area contributed by atoms with Crippen molar-refractivity contribution in [3.8, 4) is 0 Å². The summed E-state index contributed by atoms with van der Waals surface area (Å²) in [6, 6.07) is 0. The Morgan fingerprint density at radius 1 is 1.35 bits per heavy atom. The highest BCUT2D eigenvalue weighted by Crippen LogP contribution is 2.37. The van der Waals surface area contributed by atoms with Crippen molar-refractivity contribution in [1.29, 1.82) is 0 Å². The SMILES string of the molecule is COC1CCC(C)(CN=C(N)N2CCSCC2)CC1.I. The molecule has 0 bridgehead atoms. The van der Waals surface area contributed by atoms with Gasteiger partial charge in [0.2, 0.25) is 0 Å². The van der Waals surface area contributed by atoms with Gasteiger partial charge in [0.05, 0.1) is 6.10 Å². The third-order valence-electron chi connectivity index (χ3n) is 4.43. The highest BCUT2D eigenvalue weighted by atomic mass is 127. The third kappa shape index (κ3) is 5.26. The molecule has 0 aromatic rings. The van der Waals surface area contributed by atoms with Crippen LogP contribution in [0.3, 0.4) is 0 Å². The molecule has 0 spiro atoms. The fourth-order valence-corrected chi connectivity index (χ4v) is 3.75. The molecule has 4 nitrogen and oxygen atoms in total. The Labute approximate surface area is 144 Å². The lowest BCUT2D eigenvalue weighted by atomic mass is 9.75. The number of aliphatic imine (C=N–C) groups is 1. The fourth-order valence-electron chi connectivity index (χ4n) is 2.85. The van der Waals surface area contributed by atoms with Crippen LogP contribution in [-0.4, -0.2) is 55.2 Å². The molecule has 1 saturated heterocycles. The highest BCUT2D eigenvalue weighted by Gasteiger charge is 2.31. The van der Waals surface area contributed by atoms with Crippen molar-refractivity contribution >= 4 is 41.7 Å². The van der Waals surface area contributed by atoms with Gasteiger partial charge in [0.25, 0.3) is 0 Å². The van der Waals surface area contributed by atoms with Crippen molar-refractivity contribution in [2.45, 2.75) is 38.7 Å². The average molecular weight is 413 g/mol. The minimum atomic E-state index is 0. The van der Waals surface area contributed by atoms with Gasteiger partial charge >= 0.3 is 0 Å². The number of halogens is 1. The molecular weight excluding hydrogens is 385 g/mol. The van der Waals surface area contributed by atoms with Gasteiger partial charge in [-0.15, -0.1) is 24.0 Å². The molecule has 1 heterocycles. The molecule has 0 unspecified atom stereocenters. The van der Waals surface area contributed by atoms with Crippen molar-refractivity contribution in [1.82, 2.24) is 4.90 Å². The van der Waals surface area contributed by atoms with Crippen molar-refractivity contribution < 1.29 is 4.74 Å². The average Bonchev–Trinajstić information content (AvgIpc) is 2.47. The molecule has 2 aliphatic rings. The van der Waals surface area contributed by atoms with Gasteiger partial charge in [-0.2, -0.15) is 11.8 Å². The highest BCUT2D eigenvalue weighted by molar-refractivity contribution is 14.0. The van der Waals surface area contributed by atoms with Crippen molar-refractivity contribution in [2.24, 2.45) is 16.1 Å². The van der Waals surface area contributed by atoms with E-state index in [1.807, 2.05) is 18.9 Å². The molecule has 0 atom stereocenters. The van der Waals surface area contributed by atoms with E-state index in [0.29, 0.717) is 11.5 Å². The Kier molecular flexibility index (Phi) is 7.97. The number of guanidine groups is 1. The van der Waals surface area contributed by atoms with E-state index in [0.717, 1.165) is 38.4 Å². The van der Waals surface area contributed by atoms with Gasteiger partial charge in [0.1, 0.15) is 0 Å². The van der Waals surface area contributed by atoms with Crippen LogP contribution in [0.15, 0.2) is 4.99 Å². The van der Waals surface area contributed by atoms with Crippen LogP contribution in [-0.2, 0) is 4.74 Å². The summed E-state index contributed by atoms with van der Waals surface area (Å²) in [4.78, 5) is 6.89. The molecule has 2 fully saturated rings. The first kappa shape index (κ1) is 18.4. The smallest absolute Gasteiger partial charge is 0.191 e. The van der Waals surface area contributed by atoms with Gasteiger partial charge in [0, 0.05) is 38.2 Å². The predicted octanol–water partition coefficient (Wildman–Crippen LogP) is 2.56. The van der Waals surface area contributed by atoms with Gasteiger partial charge < -0.3 is 15.4 Å². The molecule has 0 radical (unpaired) electrons. The molecule has 6 heteroatoms. The van der Waals surface area contributed by atoms with E-state index in [-0.39, 0.29) is 24.0 Å². The van der Waals surface area contributed by atoms with E-state index in [1.165, 1.54) is 24.3 Å². The largest absolute Gasteiger partial charge is 0.381 e. The number of nitrogens with two attached hydrogens (primary N) is 1. The molecule has 0 aromatic carbocycles. The summed E-state index contributed by atoms with van der Waals surface area (Å²) < 4.78 is 5.43. The van der Waals surface area contributed by atoms with Crippen molar-refractivity contribution in [3.63, 3.8) is 0 Å². The van der Waals surface area contributed by atoms with Crippen molar-refractivity contribution in [2.75, 3.05) is 38.2 Å². The lowest BCUT2D eigenvalue weighted by Crippen LogP contribution is -2.43. The summed E-state index contributed by atoms with van der Waals surface area (Å²) in [7, 11) is 1.82. The Balaban J connectivity index is 0.00000200. The molecule has 118 valence electrons. The number of hydrogen-bond acceptors (Lipinski definition) is 3. The number of hydrogen-bond donors (Lipinski definition) is 1. The number of rotatable bonds is 3. The summed E-state index contributed by atoms with van der Waals surface area (Å²) in [6.07, 6.45) is 5.15. The first-order valence-corrected chi connectivity index (χ1v) is 8.44. The van der Waals surface area contributed by atoms with Crippen LogP contribution >= 0.6 is 35.7 Å². The Hall–Kier alpha value is 0.310. The van der Waals surface area contributed by atoms with Crippen LogP contribution < -0.4 is 5.73 Å². The summed E-state index contributed by atoms with van der Waals surface area (Å²) in [5, 5.41) is 0. The minimum Gasteiger partial charge on any atom is -0.381 e.